The van der Waals surface area contributed by atoms with Crippen molar-refractivity contribution in [2.24, 2.45) is 0 Å². The van der Waals surface area contributed by atoms with Crippen molar-refractivity contribution in [3.05, 3.63) is 99.6 Å². The van der Waals surface area contributed by atoms with E-state index in [0.717, 1.165) is 22.4 Å². The Hall–Kier alpha value is -3.97. The van der Waals surface area contributed by atoms with Crippen LogP contribution in [0.1, 0.15) is 35.5 Å². The summed E-state index contributed by atoms with van der Waals surface area (Å²) >= 11 is 0. The molecule has 1 unspecified atom stereocenters. The van der Waals surface area contributed by atoms with Crippen LogP contribution in [0.2, 0.25) is 0 Å². The number of aryl methyl sites for hydroxylation is 3. The maximum Gasteiger partial charge on any atom is 0.322 e. The van der Waals surface area contributed by atoms with Gasteiger partial charge in [0.25, 0.3) is 5.56 Å². The summed E-state index contributed by atoms with van der Waals surface area (Å²) in [6.45, 7) is 8.49. The Labute approximate surface area is 211 Å². The van der Waals surface area contributed by atoms with Gasteiger partial charge >= 0.3 is 6.03 Å². The number of rotatable bonds is 7. The molecule has 0 aliphatic heterocycles. The normalized spacial score (nSPS) is 11.9. The molecule has 7 heteroatoms. The van der Waals surface area contributed by atoms with Gasteiger partial charge in [-0.3, -0.25) is 9.36 Å². The minimum atomic E-state index is -0.526. The van der Waals surface area contributed by atoms with Gasteiger partial charge in [0.2, 0.25) is 0 Å². The molecule has 0 spiro atoms. The first kappa shape index (κ1) is 25.1. The molecule has 1 atom stereocenters. The lowest BCUT2D eigenvalue weighted by atomic mass is 10.1. The first-order valence-corrected chi connectivity index (χ1v) is 12.0. The number of urea groups is 1. The second kappa shape index (κ2) is 10.7. The van der Waals surface area contributed by atoms with E-state index in [-0.39, 0.29) is 11.6 Å². The number of anilines is 1. The Morgan fingerprint density at radius 2 is 1.78 bits per heavy atom. The second-order valence-electron chi connectivity index (χ2n) is 9.08. The van der Waals surface area contributed by atoms with Gasteiger partial charge in [-0.15, -0.1) is 0 Å². The molecule has 1 aromatic heterocycles. The number of carbonyl (C=O) groups excluding carboxylic acids is 1. The summed E-state index contributed by atoms with van der Waals surface area (Å²) < 4.78 is 6.96. The Balaban J connectivity index is 1.86. The van der Waals surface area contributed by atoms with Crippen molar-refractivity contribution >= 4 is 22.6 Å². The van der Waals surface area contributed by atoms with Crippen LogP contribution in [-0.2, 0) is 4.74 Å². The average molecular weight is 485 g/mol. The van der Waals surface area contributed by atoms with Crippen molar-refractivity contribution in [2.45, 2.75) is 33.7 Å². The summed E-state index contributed by atoms with van der Waals surface area (Å²) in [5.41, 5.74) is 4.91. The number of benzene rings is 3. The molecule has 4 aromatic rings. The molecule has 0 aliphatic rings. The maximum absolute atomic E-state index is 13.8. The van der Waals surface area contributed by atoms with Crippen molar-refractivity contribution < 1.29 is 9.53 Å². The summed E-state index contributed by atoms with van der Waals surface area (Å²) in [5.74, 6) is 0.489. The summed E-state index contributed by atoms with van der Waals surface area (Å²) in [4.78, 5) is 33.9. The molecule has 36 heavy (non-hydrogen) atoms. The number of ether oxygens (including phenoxy) is 1. The number of fused-ring (bicyclic) bond motifs is 1. The highest BCUT2D eigenvalue weighted by molar-refractivity contribution is 5.89. The van der Waals surface area contributed by atoms with Gasteiger partial charge in [0.15, 0.2) is 0 Å². The minimum absolute atomic E-state index is 0.165. The fourth-order valence-electron chi connectivity index (χ4n) is 4.34. The van der Waals surface area contributed by atoms with Crippen LogP contribution in [0.5, 0.6) is 0 Å². The van der Waals surface area contributed by atoms with Crippen molar-refractivity contribution in [2.75, 3.05) is 25.6 Å². The highest BCUT2D eigenvalue weighted by Crippen LogP contribution is 2.25. The maximum atomic E-state index is 13.8. The number of nitrogens with zero attached hydrogens (tertiary/aromatic N) is 3. The molecule has 1 N–H and O–H groups in total. The summed E-state index contributed by atoms with van der Waals surface area (Å²) in [5, 5.41) is 3.52. The van der Waals surface area contributed by atoms with E-state index in [0.29, 0.717) is 35.6 Å². The zero-order valence-corrected chi connectivity index (χ0v) is 21.4. The Kier molecular flexibility index (Phi) is 7.50. The van der Waals surface area contributed by atoms with Crippen LogP contribution in [0, 0.1) is 20.8 Å². The lowest BCUT2D eigenvalue weighted by Crippen LogP contribution is -2.41. The summed E-state index contributed by atoms with van der Waals surface area (Å²) in [7, 11) is 1.60. The third-order valence-corrected chi connectivity index (χ3v) is 6.31. The van der Waals surface area contributed by atoms with E-state index in [1.165, 1.54) is 0 Å². The predicted molar refractivity (Wildman–Crippen MR) is 144 cm³/mol. The van der Waals surface area contributed by atoms with E-state index in [1.807, 2.05) is 88.4 Å². The topological polar surface area (TPSA) is 76.5 Å². The molecule has 7 nitrogen and oxygen atoms in total. The molecule has 0 bridgehead atoms. The molecular formula is C29H32N4O3. The lowest BCUT2D eigenvalue weighted by Gasteiger charge is -2.31. The SMILES string of the molecule is COCCN(C(=O)Nc1cccc(C)c1)C(C)c1nc2ccccc2c(=O)n1-c1cc(C)ccc1C. The van der Waals surface area contributed by atoms with E-state index >= 15 is 0 Å². The number of methoxy groups -OCH3 is 1. The number of amides is 2. The zero-order valence-electron chi connectivity index (χ0n) is 21.4. The van der Waals surface area contributed by atoms with Gasteiger partial charge in [-0.05, 0) is 74.7 Å². The van der Waals surface area contributed by atoms with E-state index in [2.05, 4.69) is 5.32 Å². The molecule has 0 radical (unpaired) electrons. The largest absolute Gasteiger partial charge is 0.383 e. The molecular weight excluding hydrogens is 452 g/mol. The van der Waals surface area contributed by atoms with Gasteiger partial charge in [-0.25, -0.2) is 9.78 Å². The standard InChI is InChI=1S/C29H32N4O3/c1-19-9-8-10-23(17-19)30-29(35)32(15-16-36-5)22(4)27-31-25-12-7-6-11-24(25)28(34)33(27)26-18-20(2)13-14-21(26)3/h6-14,17-18,22H,15-16H2,1-5H3,(H,30,35). The first-order chi connectivity index (χ1) is 17.3. The van der Waals surface area contributed by atoms with Gasteiger partial charge in [0, 0.05) is 19.3 Å². The minimum Gasteiger partial charge on any atom is -0.383 e. The fourth-order valence-corrected chi connectivity index (χ4v) is 4.34. The Bertz CT molecular complexity index is 1460. The zero-order chi connectivity index (χ0) is 25.8. The molecule has 3 aromatic carbocycles. The molecule has 0 saturated carbocycles. The quantitative estimate of drug-likeness (QED) is 0.373. The molecule has 186 valence electrons. The van der Waals surface area contributed by atoms with Crippen LogP contribution < -0.4 is 10.9 Å². The summed E-state index contributed by atoms with van der Waals surface area (Å²) in [6.07, 6.45) is 0. The number of aromatic nitrogens is 2. The number of para-hydroxylation sites is 1. The van der Waals surface area contributed by atoms with Gasteiger partial charge in [0.1, 0.15) is 5.82 Å². The molecule has 0 fully saturated rings. The number of hydrogen-bond acceptors (Lipinski definition) is 4. The van der Waals surface area contributed by atoms with E-state index < -0.39 is 6.04 Å². The van der Waals surface area contributed by atoms with Crippen molar-refractivity contribution in [3.63, 3.8) is 0 Å². The van der Waals surface area contributed by atoms with Crippen LogP contribution in [0.3, 0.4) is 0 Å². The van der Waals surface area contributed by atoms with Crippen LogP contribution >= 0.6 is 0 Å². The van der Waals surface area contributed by atoms with E-state index in [4.69, 9.17) is 9.72 Å². The third kappa shape index (κ3) is 5.16. The van der Waals surface area contributed by atoms with Gasteiger partial charge in [-0.2, -0.15) is 0 Å². The molecule has 4 rings (SSSR count). The monoisotopic (exact) mass is 484 g/mol. The lowest BCUT2D eigenvalue weighted by molar-refractivity contribution is 0.137. The number of carbonyl (C=O) groups is 1. The van der Waals surface area contributed by atoms with Crippen LogP contribution in [0.15, 0.2) is 71.5 Å². The van der Waals surface area contributed by atoms with Crippen LogP contribution in [0.25, 0.3) is 16.6 Å². The predicted octanol–water partition coefficient (Wildman–Crippen LogP) is 5.55. The van der Waals surface area contributed by atoms with Crippen molar-refractivity contribution in [3.8, 4) is 5.69 Å². The van der Waals surface area contributed by atoms with Gasteiger partial charge < -0.3 is 15.0 Å². The highest BCUT2D eigenvalue weighted by atomic mass is 16.5. The number of hydrogen-bond donors (Lipinski definition) is 1. The smallest absolute Gasteiger partial charge is 0.322 e. The second-order valence-corrected chi connectivity index (χ2v) is 9.08. The van der Waals surface area contributed by atoms with Crippen molar-refractivity contribution in [1.29, 1.82) is 0 Å². The number of nitrogens with one attached hydrogen (secondary N) is 1. The fraction of sp³-hybridized carbons (Fsp3) is 0.276. The van der Waals surface area contributed by atoms with Gasteiger partial charge in [-0.1, -0.05) is 36.4 Å². The first-order valence-electron chi connectivity index (χ1n) is 12.0. The van der Waals surface area contributed by atoms with Crippen molar-refractivity contribution in [1.82, 2.24) is 14.5 Å². The van der Waals surface area contributed by atoms with Gasteiger partial charge in [0.05, 0.1) is 29.2 Å². The third-order valence-electron chi connectivity index (χ3n) is 6.31. The average Bonchev–Trinajstić information content (AvgIpc) is 2.86. The highest BCUT2D eigenvalue weighted by Gasteiger charge is 2.27. The summed E-state index contributed by atoms with van der Waals surface area (Å²) in [6, 6.07) is 20.1. The molecule has 1 heterocycles. The molecule has 0 aliphatic carbocycles. The van der Waals surface area contributed by atoms with Crippen LogP contribution in [-0.4, -0.2) is 40.7 Å². The Morgan fingerprint density at radius 1 is 1.03 bits per heavy atom. The van der Waals surface area contributed by atoms with Crippen LogP contribution in [0.4, 0.5) is 10.5 Å². The molecule has 0 saturated heterocycles. The Morgan fingerprint density at radius 3 is 2.53 bits per heavy atom. The van der Waals surface area contributed by atoms with E-state index in [1.54, 1.807) is 22.6 Å². The van der Waals surface area contributed by atoms with E-state index in [9.17, 15) is 9.59 Å². The molecule has 2 amide bonds.